The largest absolute Gasteiger partial charge is 0.412 e. The van der Waals surface area contributed by atoms with E-state index in [9.17, 15) is 13.6 Å². The van der Waals surface area contributed by atoms with E-state index in [-0.39, 0.29) is 22.9 Å². The van der Waals surface area contributed by atoms with E-state index in [1.54, 1.807) is 43.8 Å². The number of hydrogen-bond donors (Lipinski definition) is 1. The van der Waals surface area contributed by atoms with Gasteiger partial charge in [0, 0.05) is 42.3 Å². The first-order valence-electron chi connectivity index (χ1n) is 10.9. The first kappa shape index (κ1) is 21.1. The average Bonchev–Trinajstić information content (AvgIpc) is 3.62. The number of pyridine rings is 2. The van der Waals surface area contributed by atoms with Crippen LogP contribution in [0.1, 0.15) is 51.5 Å². The zero-order valence-electron chi connectivity index (χ0n) is 18.4. The van der Waals surface area contributed by atoms with E-state index < -0.39 is 18.4 Å². The third-order valence-corrected chi connectivity index (χ3v) is 6.10. The van der Waals surface area contributed by atoms with Crippen LogP contribution in [0.2, 0.25) is 0 Å². The van der Waals surface area contributed by atoms with Gasteiger partial charge in [0.2, 0.25) is 5.89 Å². The second-order valence-corrected chi connectivity index (χ2v) is 8.13. The fourth-order valence-electron chi connectivity index (χ4n) is 4.42. The van der Waals surface area contributed by atoms with Crippen LogP contribution in [-0.4, -0.2) is 52.1 Å². The van der Waals surface area contributed by atoms with Gasteiger partial charge in [-0.15, -0.1) is 10.2 Å². The summed E-state index contributed by atoms with van der Waals surface area (Å²) in [7, 11) is 0. The summed E-state index contributed by atoms with van der Waals surface area (Å²) in [6.45, 7) is 2.12. The molecule has 5 aromatic rings. The van der Waals surface area contributed by atoms with Crippen molar-refractivity contribution in [1.29, 1.82) is 0 Å². The number of amides is 1. The number of aromatic nitrogens is 7. The zero-order valence-corrected chi connectivity index (χ0v) is 18.4. The molecule has 1 amide bonds. The Labute approximate surface area is 196 Å². The van der Waals surface area contributed by atoms with Gasteiger partial charge in [0.15, 0.2) is 0 Å². The third kappa shape index (κ3) is 3.45. The van der Waals surface area contributed by atoms with Crippen LogP contribution in [0.3, 0.4) is 0 Å². The highest BCUT2D eigenvalue weighted by atomic mass is 19.3. The van der Waals surface area contributed by atoms with Crippen LogP contribution in [-0.2, 0) is 6.42 Å². The monoisotopic (exact) mass is 476 g/mol. The van der Waals surface area contributed by atoms with Gasteiger partial charge in [0.05, 0.1) is 28.8 Å². The first-order chi connectivity index (χ1) is 17.0. The molecule has 0 saturated carbocycles. The van der Waals surface area contributed by atoms with Gasteiger partial charge in [-0.1, -0.05) is 0 Å². The molecule has 1 aliphatic heterocycles. The van der Waals surface area contributed by atoms with Crippen molar-refractivity contribution in [1.82, 2.24) is 39.7 Å². The molecule has 10 nitrogen and oxygen atoms in total. The van der Waals surface area contributed by atoms with Gasteiger partial charge in [-0.3, -0.25) is 9.78 Å². The average molecular weight is 476 g/mol. The predicted molar refractivity (Wildman–Crippen MR) is 118 cm³/mol. The molecule has 0 aromatic carbocycles. The number of imidazole rings is 1. The number of carbonyl (C=O) groups is 1. The minimum absolute atomic E-state index is 0.143. The van der Waals surface area contributed by atoms with Crippen LogP contribution in [0.25, 0.3) is 17.0 Å². The van der Waals surface area contributed by atoms with Gasteiger partial charge >= 0.3 is 11.8 Å². The summed E-state index contributed by atoms with van der Waals surface area (Å²) in [5.41, 5.74) is 3.28. The van der Waals surface area contributed by atoms with Crippen molar-refractivity contribution < 1.29 is 18.0 Å². The lowest BCUT2D eigenvalue weighted by molar-refractivity contribution is 0.0646. The fourth-order valence-corrected chi connectivity index (χ4v) is 4.42. The number of nitrogens with zero attached hydrogens (tertiary/aromatic N) is 7. The molecule has 0 bridgehead atoms. The van der Waals surface area contributed by atoms with Crippen LogP contribution in [0.5, 0.6) is 0 Å². The van der Waals surface area contributed by atoms with Gasteiger partial charge in [-0.25, -0.2) is 18.3 Å². The first-order valence-corrected chi connectivity index (χ1v) is 10.9. The lowest BCUT2D eigenvalue weighted by Crippen LogP contribution is -2.41. The molecule has 6 rings (SSSR count). The Hall–Kier alpha value is -4.48. The highest BCUT2D eigenvalue weighted by molar-refractivity contribution is 5.90. The lowest BCUT2D eigenvalue weighted by Gasteiger charge is -2.32. The molecular formula is C23H18F2N8O2. The lowest BCUT2D eigenvalue weighted by atomic mass is 9.99. The van der Waals surface area contributed by atoms with Crippen molar-refractivity contribution in [3.63, 3.8) is 0 Å². The number of aryl methyl sites for hydroxylation is 1. The second-order valence-electron chi connectivity index (χ2n) is 8.13. The van der Waals surface area contributed by atoms with Crippen LogP contribution < -0.4 is 0 Å². The maximum Gasteiger partial charge on any atom is 0.312 e. The molecule has 35 heavy (non-hydrogen) atoms. The molecule has 1 N–H and O–H groups in total. The van der Waals surface area contributed by atoms with Gasteiger partial charge in [-0.2, -0.15) is 5.10 Å². The summed E-state index contributed by atoms with van der Waals surface area (Å²) in [6.07, 6.45) is 2.64. The van der Waals surface area contributed by atoms with E-state index in [2.05, 4.69) is 30.2 Å². The highest BCUT2D eigenvalue weighted by Gasteiger charge is 2.38. The number of halogens is 2. The molecule has 12 heteroatoms. The van der Waals surface area contributed by atoms with Gasteiger partial charge in [0.25, 0.3) is 6.43 Å². The van der Waals surface area contributed by atoms with Gasteiger partial charge in [0.1, 0.15) is 6.04 Å². The number of H-pyrrole nitrogens is 1. The quantitative estimate of drug-likeness (QED) is 0.422. The Morgan fingerprint density at radius 3 is 2.94 bits per heavy atom. The van der Waals surface area contributed by atoms with E-state index >= 15 is 0 Å². The SMILES string of the molecule is Cc1ncccc1-c1nnc(C(=O)N2CCc3[nH]cnc3[C@@H]2c2cc3c(C(F)F)cccn3n2)o1. The number of alkyl halides is 2. The molecule has 0 saturated heterocycles. The summed E-state index contributed by atoms with van der Waals surface area (Å²) in [5, 5.41) is 12.5. The molecule has 0 unspecified atom stereocenters. The van der Waals surface area contributed by atoms with E-state index in [1.165, 1.54) is 21.5 Å². The van der Waals surface area contributed by atoms with Crippen molar-refractivity contribution in [3.05, 3.63) is 83.3 Å². The number of fused-ring (bicyclic) bond motifs is 2. The minimum Gasteiger partial charge on any atom is -0.412 e. The summed E-state index contributed by atoms with van der Waals surface area (Å²) in [5.74, 6) is -0.512. The van der Waals surface area contributed by atoms with Crippen molar-refractivity contribution in [2.75, 3.05) is 6.54 Å². The van der Waals surface area contributed by atoms with Crippen LogP contribution in [0.4, 0.5) is 8.78 Å². The number of nitrogens with one attached hydrogen (secondary N) is 1. The number of rotatable bonds is 4. The maximum atomic E-state index is 13.6. The Morgan fingerprint density at radius 2 is 2.11 bits per heavy atom. The van der Waals surface area contributed by atoms with Crippen molar-refractivity contribution in [3.8, 4) is 11.5 Å². The molecule has 0 radical (unpaired) electrons. The smallest absolute Gasteiger partial charge is 0.312 e. The number of aromatic amines is 1. The number of carbonyl (C=O) groups excluding carboxylic acids is 1. The van der Waals surface area contributed by atoms with E-state index in [0.717, 1.165) is 5.69 Å². The highest BCUT2D eigenvalue weighted by Crippen LogP contribution is 2.35. The molecular weight excluding hydrogens is 458 g/mol. The molecule has 176 valence electrons. The van der Waals surface area contributed by atoms with E-state index in [0.29, 0.717) is 35.6 Å². The number of hydrogen-bond acceptors (Lipinski definition) is 7. The maximum absolute atomic E-state index is 13.6. The molecule has 0 spiro atoms. The van der Waals surface area contributed by atoms with Crippen LogP contribution in [0, 0.1) is 6.92 Å². The zero-order chi connectivity index (χ0) is 24.1. The van der Waals surface area contributed by atoms with Gasteiger partial charge in [-0.05, 0) is 37.3 Å². The van der Waals surface area contributed by atoms with Crippen molar-refractivity contribution in [2.24, 2.45) is 0 Å². The van der Waals surface area contributed by atoms with Crippen LogP contribution in [0.15, 0.2) is 53.5 Å². The normalized spacial score (nSPS) is 15.7. The topological polar surface area (TPSA) is 118 Å². The fraction of sp³-hybridized carbons (Fsp3) is 0.217. The minimum atomic E-state index is -2.67. The van der Waals surface area contributed by atoms with Gasteiger partial charge < -0.3 is 14.3 Å². The summed E-state index contributed by atoms with van der Waals surface area (Å²) in [6, 6.07) is 7.23. The molecule has 5 aromatic heterocycles. The van der Waals surface area contributed by atoms with E-state index in [1.807, 2.05) is 0 Å². The van der Waals surface area contributed by atoms with Crippen molar-refractivity contribution >= 4 is 11.4 Å². The molecule has 0 fully saturated rings. The molecule has 1 atom stereocenters. The summed E-state index contributed by atoms with van der Waals surface area (Å²) in [4.78, 5) is 26.8. The molecule has 1 aliphatic rings. The molecule has 6 heterocycles. The summed E-state index contributed by atoms with van der Waals surface area (Å²) >= 11 is 0. The predicted octanol–water partition coefficient (Wildman–Crippen LogP) is 3.54. The Kier molecular flexibility index (Phi) is 4.87. The van der Waals surface area contributed by atoms with E-state index in [4.69, 9.17) is 4.42 Å². The Bertz CT molecular complexity index is 1560. The standard InChI is InChI=1S/C23H18F2N8O2/c1-12-13(4-2-7-26-12)21-29-30-22(35-21)23(34)32-9-6-15-18(28-11-27-15)19(32)16-10-17-14(20(24)25)5-3-8-33(17)31-16/h2-5,7-8,10-11,19-20H,6,9H2,1H3,(H,27,28)/t19-/m0/s1. The third-order valence-electron chi connectivity index (χ3n) is 6.10. The molecule has 0 aliphatic carbocycles. The van der Waals surface area contributed by atoms with Crippen molar-refractivity contribution in [2.45, 2.75) is 25.8 Å². The van der Waals surface area contributed by atoms with Crippen LogP contribution >= 0.6 is 0 Å². The second kappa shape index (κ2) is 8.08. The Morgan fingerprint density at radius 1 is 1.23 bits per heavy atom. The Balaban J connectivity index is 1.42. The summed E-state index contributed by atoms with van der Waals surface area (Å²) < 4.78 is 34.3.